The van der Waals surface area contributed by atoms with Gasteiger partial charge in [0.05, 0.1) is 15.6 Å². The van der Waals surface area contributed by atoms with Crippen molar-refractivity contribution in [2.75, 3.05) is 19.0 Å². The van der Waals surface area contributed by atoms with E-state index in [2.05, 4.69) is 27.9 Å². The van der Waals surface area contributed by atoms with E-state index in [1.165, 1.54) is 13.2 Å². The number of rotatable bonds is 8. The number of anilines is 1. The summed E-state index contributed by atoms with van der Waals surface area (Å²) in [6.07, 6.45) is 1.57. The maximum absolute atomic E-state index is 14.0. The first-order chi connectivity index (χ1) is 18.2. The highest BCUT2D eigenvalue weighted by Gasteiger charge is 2.36. The molecular weight excluding hydrogens is 622 g/mol. The van der Waals surface area contributed by atoms with Gasteiger partial charge in [0, 0.05) is 11.3 Å². The predicted octanol–water partition coefficient (Wildman–Crippen LogP) is 6.31. The van der Waals surface area contributed by atoms with Crippen molar-refractivity contribution in [1.29, 1.82) is 0 Å². The molecule has 7 nitrogen and oxygen atoms in total. The van der Waals surface area contributed by atoms with Gasteiger partial charge in [0.15, 0.2) is 11.5 Å². The molecule has 3 aromatic rings. The Morgan fingerprint density at radius 3 is 2.58 bits per heavy atom. The van der Waals surface area contributed by atoms with E-state index < -0.39 is 23.6 Å². The molecule has 196 valence electrons. The van der Waals surface area contributed by atoms with E-state index >= 15 is 0 Å². The van der Waals surface area contributed by atoms with Gasteiger partial charge in [0.25, 0.3) is 11.1 Å². The summed E-state index contributed by atoms with van der Waals surface area (Å²) in [7, 11) is 1.48. The number of ether oxygens (including phenoxy) is 2. The Balaban J connectivity index is 1.47. The van der Waals surface area contributed by atoms with Crippen molar-refractivity contribution in [3.8, 4) is 11.5 Å². The smallest absolute Gasteiger partial charge is 0.294 e. The van der Waals surface area contributed by atoms with Gasteiger partial charge in [-0.3, -0.25) is 19.3 Å². The molecule has 0 radical (unpaired) electrons. The van der Waals surface area contributed by atoms with Crippen LogP contribution in [0.5, 0.6) is 11.5 Å². The highest BCUT2D eigenvalue weighted by molar-refractivity contribution is 14.1. The molecule has 0 atom stereocenters. The normalized spacial score (nSPS) is 14.2. The molecule has 3 aromatic carbocycles. The first-order valence-electron chi connectivity index (χ1n) is 11.5. The quantitative estimate of drug-likeness (QED) is 0.228. The van der Waals surface area contributed by atoms with Crippen molar-refractivity contribution < 1.29 is 28.2 Å². The fourth-order valence-electron chi connectivity index (χ4n) is 3.68. The van der Waals surface area contributed by atoms with Crippen LogP contribution >= 0.6 is 34.4 Å². The number of halogens is 2. The molecule has 1 N–H and O–H groups in total. The summed E-state index contributed by atoms with van der Waals surface area (Å²) in [5.74, 6) is -0.555. The van der Waals surface area contributed by atoms with Gasteiger partial charge in [-0.25, -0.2) is 4.39 Å². The summed E-state index contributed by atoms with van der Waals surface area (Å²) in [5, 5.41) is 2.20. The number of carbonyl (C=O) groups is 3. The molecule has 1 saturated heterocycles. The fraction of sp³-hybridized carbons (Fsp3) is 0.179. The number of amides is 3. The first kappa shape index (κ1) is 27.6. The number of hydrogen-bond acceptors (Lipinski definition) is 6. The van der Waals surface area contributed by atoms with E-state index in [0.29, 0.717) is 31.9 Å². The predicted molar refractivity (Wildman–Crippen MR) is 154 cm³/mol. The summed E-state index contributed by atoms with van der Waals surface area (Å²) in [6.45, 7) is 3.53. The molecule has 3 amide bonds. The standard InChI is InChI=1S/C28H24FIN2O5S/c1-16-8-9-20(10-17(16)2)31-25(33)14-32-27(34)24(38-28(32)35)13-18-11-22(30)26(23(12-18)36-3)37-15-19-6-4-5-7-21(19)29/h4-13H,14-15H2,1-3H3,(H,31,33)/b24-13+. The van der Waals surface area contributed by atoms with Gasteiger partial charge in [-0.05, 0) is 101 Å². The maximum atomic E-state index is 14.0. The number of carbonyl (C=O) groups excluding carboxylic acids is 3. The van der Waals surface area contributed by atoms with Gasteiger partial charge >= 0.3 is 0 Å². The second-order valence-electron chi connectivity index (χ2n) is 8.53. The second-order valence-corrected chi connectivity index (χ2v) is 10.7. The molecular formula is C28H24FIN2O5S. The zero-order valence-corrected chi connectivity index (χ0v) is 23.8. The second kappa shape index (κ2) is 12.0. The molecule has 1 aliphatic heterocycles. The molecule has 0 bridgehead atoms. The Hall–Kier alpha value is -3.38. The van der Waals surface area contributed by atoms with Crippen molar-refractivity contribution in [1.82, 2.24) is 4.90 Å². The lowest BCUT2D eigenvalue weighted by atomic mass is 10.1. The van der Waals surface area contributed by atoms with Crippen molar-refractivity contribution in [2.45, 2.75) is 20.5 Å². The van der Waals surface area contributed by atoms with Crippen LogP contribution in [0, 0.1) is 23.2 Å². The Morgan fingerprint density at radius 2 is 1.87 bits per heavy atom. The molecule has 1 fully saturated rings. The van der Waals surface area contributed by atoms with Crippen LogP contribution in [0.4, 0.5) is 14.9 Å². The molecule has 1 aliphatic rings. The molecule has 38 heavy (non-hydrogen) atoms. The number of methoxy groups -OCH3 is 1. The zero-order valence-electron chi connectivity index (χ0n) is 20.8. The molecule has 0 unspecified atom stereocenters. The van der Waals surface area contributed by atoms with Gasteiger partial charge < -0.3 is 14.8 Å². The molecule has 4 rings (SSSR count). The van der Waals surface area contributed by atoms with Crippen LogP contribution in [0.3, 0.4) is 0 Å². The summed E-state index contributed by atoms with van der Waals surface area (Å²) in [5.41, 5.74) is 3.72. The molecule has 0 saturated carbocycles. The number of nitrogens with zero attached hydrogens (tertiary/aromatic N) is 1. The van der Waals surface area contributed by atoms with E-state index in [1.54, 1.807) is 42.5 Å². The number of benzene rings is 3. The molecule has 0 aliphatic carbocycles. The fourth-order valence-corrected chi connectivity index (χ4v) is 5.30. The SMILES string of the molecule is COc1cc(/C=C2/SC(=O)N(CC(=O)Nc3ccc(C)c(C)c3)C2=O)cc(I)c1OCc1ccccc1F. The average Bonchev–Trinajstić information content (AvgIpc) is 3.13. The lowest BCUT2D eigenvalue weighted by molar-refractivity contribution is -0.127. The molecule has 0 aromatic heterocycles. The Bertz CT molecular complexity index is 1460. The third-order valence-electron chi connectivity index (χ3n) is 5.85. The van der Waals surface area contributed by atoms with E-state index in [9.17, 15) is 18.8 Å². The maximum Gasteiger partial charge on any atom is 0.294 e. The average molecular weight is 646 g/mol. The summed E-state index contributed by atoms with van der Waals surface area (Å²) >= 11 is 2.83. The van der Waals surface area contributed by atoms with Crippen LogP contribution in [-0.4, -0.2) is 35.6 Å². The van der Waals surface area contributed by atoms with Gasteiger partial charge in [0.2, 0.25) is 5.91 Å². The first-order valence-corrected chi connectivity index (χ1v) is 13.4. The van der Waals surface area contributed by atoms with Crippen LogP contribution < -0.4 is 14.8 Å². The molecule has 0 spiro atoms. The van der Waals surface area contributed by atoms with Crippen molar-refractivity contribution in [3.05, 3.63) is 91.1 Å². The largest absolute Gasteiger partial charge is 0.493 e. The van der Waals surface area contributed by atoms with E-state index in [1.807, 2.05) is 26.0 Å². The van der Waals surface area contributed by atoms with Crippen LogP contribution in [0.1, 0.15) is 22.3 Å². The topological polar surface area (TPSA) is 84.9 Å². The van der Waals surface area contributed by atoms with Crippen molar-refractivity contribution >= 4 is 63.2 Å². The minimum atomic E-state index is -0.552. The van der Waals surface area contributed by atoms with Crippen molar-refractivity contribution in [2.24, 2.45) is 0 Å². The van der Waals surface area contributed by atoms with E-state index in [-0.39, 0.29) is 17.3 Å². The van der Waals surface area contributed by atoms with E-state index in [0.717, 1.165) is 27.8 Å². The van der Waals surface area contributed by atoms with Gasteiger partial charge in [-0.2, -0.15) is 0 Å². The zero-order chi connectivity index (χ0) is 27.4. The van der Waals surface area contributed by atoms with Crippen LogP contribution in [0.2, 0.25) is 0 Å². The number of nitrogens with one attached hydrogen (secondary N) is 1. The number of imide groups is 1. The number of aryl methyl sites for hydroxylation is 2. The number of hydrogen-bond donors (Lipinski definition) is 1. The summed E-state index contributed by atoms with van der Waals surface area (Å²) < 4.78 is 26.0. The van der Waals surface area contributed by atoms with Gasteiger partial charge in [-0.1, -0.05) is 24.3 Å². The van der Waals surface area contributed by atoms with Crippen LogP contribution in [-0.2, 0) is 16.2 Å². The Kier molecular flexibility index (Phi) is 8.72. The van der Waals surface area contributed by atoms with Crippen LogP contribution in [0.15, 0.2) is 59.5 Å². The lowest BCUT2D eigenvalue weighted by Gasteiger charge is -2.14. The minimum Gasteiger partial charge on any atom is -0.493 e. The minimum absolute atomic E-state index is 0.0154. The van der Waals surface area contributed by atoms with Crippen LogP contribution in [0.25, 0.3) is 6.08 Å². The van der Waals surface area contributed by atoms with Gasteiger partial charge in [0.1, 0.15) is 19.0 Å². The summed E-state index contributed by atoms with van der Waals surface area (Å²) in [4.78, 5) is 39.1. The summed E-state index contributed by atoms with van der Waals surface area (Å²) in [6, 6.07) is 15.3. The molecule has 1 heterocycles. The van der Waals surface area contributed by atoms with Gasteiger partial charge in [-0.15, -0.1) is 0 Å². The third-order valence-corrected chi connectivity index (χ3v) is 7.55. The lowest BCUT2D eigenvalue weighted by Crippen LogP contribution is -2.36. The number of thioether (sulfide) groups is 1. The van der Waals surface area contributed by atoms with E-state index in [4.69, 9.17) is 9.47 Å². The molecule has 10 heteroatoms. The third kappa shape index (κ3) is 6.36. The Morgan fingerprint density at radius 1 is 1.11 bits per heavy atom. The monoisotopic (exact) mass is 646 g/mol. The highest BCUT2D eigenvalue weighted by Crippen LogP contribution is 2.37. The Labute approximate surface area is 237 Å². The van der Waals surface area contributed by atoms with Crippen molar-refractivity contribution in [3.63, 3.8) is 0 Å². The highest BCUT2D eigenvalue weighted by atomic mass is 127.